The zero-order valence-corrected chi connectivity index (χ0v) is 19.9. The highest BCUT2D eigenvalue weighted by molar-refractivity contribution is 6.31. The van der Waals surface area contributed by atoms with E-state index in [2.05, 4.69) is 15.6 Å². The third-order valence-electron chi connectivity index (χ3n) is 5.77. The number of carbonyl (C=O) groups excluding carboxylic acids is 2. The van der Waals surface area contributed by atoms with Crippen LogP contribution in [0.3, 0.4) is 0 Å². The van der Waals surface area contributed by atoms with E-state index in [-0.39, 0.29) is 23.1 Å². The smallest absolute Gasteiger partial charge is 0.417 e. The van der Waals surface area contributed by atoms with E-state index in [9.17, 15) is 22.8 Å². The van der Waals surface area contributed by atoms with E-state index < -0.39 is 22.7 Å². The van der Waals surface area contributed by atoms with Gasteiger partial charge in [-0.25, -0.2) is 4.98 Å². The van der Waals surface area contributed by atoms with Gasteiger partial charge in [0.05, 0.1) is 10.6 Å². The molecule has 3 aromatic carbocycles. The molecule has 1 aliphatic rings. The summed E-state index contributed by atoms with van der Waals surface area (Å²) < 4.78 is 45.3. The Kier molecular flexibility index (Phi) is 6.47. The normalized spacial score (nSPS) is 13.3. The predicted octanol–water partition coefficient (Wildman–Crippen LogP) is 7.30. The Bertz CT molecular complexity index is 1520. The molecule has 0 radical (unpaired) electrons. The number of ether oxygens (including phenoxy) is 1. The quantitative estimate of drug-likeness (QED) is 0.277. The third-order valence-corrected chi connectivity index (χ3v) is 6.10. The molecule has 2 amide bonds. The number of benzene rings is 3. The summed E-state index contributed by atoms with van der Waals surface area (Å²) in [6, 6.07) is 16.7. The van der Waals surface area contributed by atoms with Gasteiger partial charge in [0.25, 0.3) is 5.91 Å². The number of nitrogens with one attached hydrogen (secondary N) is 2. The summed E-state index contributed by atoms with van der Waals surface area (Å²) in [6.07, 6.45) is -1.35. The van der Waals surface area contributed by atoms with Gasteiger partial charge in [0.1, 0.15) is 17.3 Å². The molecule has 1 saturated carbocycles. The minimum absolute atomic E-state index is 0.0267. The van der Waals surface area contributed by atoms with Gasteiger partial charge in [-0.2, -0.15) is 13.2 Å². The van der Waals surface area contributed by atoms with Crippen molar-refractivity contribution in [1.82, 2.24) is 4.98 Å². The van der Waals surface area contributed by atoms with Gasteiger partial charge in [-0.15, -0.1) is 0 Å². The lowest BCUT2D eigenvalue weighted by molar-refractivity contribution is -0.137. The summed E-state index contributed by atoms with van der Waals surface area (Å²) in [7, 11) is 0. The number of nitrogens with zero attached hydrogens (tertiary/aromatic N) is 1. The number of halogens is 4. The first-order chi connectivity index (χ1) is 17.7. The number of amides is 2. The van der Waals surface area contributed by atoms with Gasteiger partial charge in [-0.1, -0.05) is 23.7 Å². The predicted molar refractivity (Wildman–Crippen MR) is 134 cm³/mol. The van der Waals surface area contributed by atoms with E-state index in [0.717, 1.165) is 30.4 Å². The van der Waals surface area contributed by atoms with E-state index in [1.807, 2.05) is 6.07 Å². The fourth-order valence-corrected chi connectivity index (χ4v) is 3.93. The number of aromatic nitrogens is 1. The second kappa shape index (κ2) is 9.74. The number of carbonyl (C=O) groups is 2. The first-order valence-electron chi connectivity index (χ1n) is 11.3. The molecule has 0 saturated heterocycles. The summed E-state index contributed by atoms with van der Waals surface area (Å²) in [5.41, 5.74) is -0.804. The summed E-state index contributed by atoms with van der Waals surface area (Å²) in [6.45, 7) is 0. The Morgan fingerprint density at radius 3 is 2.41 bits per heavy atom. The second-order valence-corrected chi connectivity index (χ2v) is 9.02. The average Bonchev–Trinajstić information content (AvgIpc) is 3.70. The maximum absolute atomic E-state index is 13.1. The van der Waals surface area contributed by atoms with Crippen LogP contribution in [0, 0.1) is 5.92 Å². The standard InChI is InChI=1S/C27H19ClF3N3O3/c28-23-8-6-19(13-22(23)27(29,30)31)33-26(36)17-4-1-15-5-7-20(12-18(15)11-17)37-21-9-10-32-24(14-21)34-25(35)16-2-3-16/h1,4-14,16H,2-3H2,(H,33,36)(H,32,34,35). The van der Waals surface area contributed by atoms with Crippen molar-refractivity contribution in [1.29, 1.82) is 0 Å². The number of hydrogen-bond acceptors (Lipinski definition) is 4. The first-order valence-corrected chi connectivity index (χ1v) is 11.7. The summed E-state index contributed by atoms with van der Waals surface area (Å²) >= 11 is 5.65. The van der Waals surface area contributed by atoms with Crippen LogP contribution in [0.25, 0.3) is 10.8 Å². The van der Waals surface area contributed by atoms with Crippen molar-refractivity contribution in [2.45, 2.75) is 19.0 Å². The van der Waals surface area contributed by atoms with Crippen molar-refractivity contribution < 1.29 is 27.5 Å². The number of rotatable bonds is 6. The van der Waals surface area contributed by atoms with Gasteiger partial charge in [0.2, 0.25) is 5.91 Å². The Hall–Kier alpha value is -4.11. The topological polar surface area (TPSA) is 80.3 Å². The molecule has 1 aromatic heterocycles. The minimum atomic E-state index is -4.64. The molecule has 10 heteroatoms. The van der Waals surface area contributed by atoms with Crippen LogP contribution in [0.15, 0.2) is 72.9 Å². The Balaban J connectivity index is 1.33. The van der Waals surface area contributed by atoms with E-state index in [1.54, 1.807) is 42.5 Å². The van der Waals surface area contributed by atoms with Crippen molar-refractivity contribution in [3.05, 3.63) is 89.1 Å². The molecule has 188 valence electrons. The van der Waals surface area contributed by atoms with Crippen LogP contribution in [0.2, 0.25) is 5.02 Å². The maximum atomic E-state index is 13.1. The van der Waals surface area contributed by atoms with Crippen LogP contribution in [0.1, 0.15) is 28.8 Å². The zero-order valence-electron chi connectivity index (χ0n) is 19.1. The van der Waals surface area contributed by atoms with Crippen LogP contribution in [-0.4, -0.2) is 16.8 Å². The number of alkyl halides is 3. The van der Waals surface area contributed by atoms with Crippen LogP contribution in [-0.2, 0) is 11.0 Å². The van der Waals surface area contributed by atoms with Gasteiger partial charge in [-0.05, 0) is 72.1 Å². The van der Waals surface area contributed by atoms with Crippen molar-refractivity contribution in [3.8, 4) is 11.5 Å². The molecular formula is C27H19ClF3N3O3. The van der Waals surface area contributed by atoms with E-state index in [1.165, 1.54) is 12.3 Å². The SMILES string of the molecule is O=C(Nc1ccc(Cl)c(C(F)(F)F)c1)c1ccc2ccc(Oc3ccnc(NC(=O)C4CC4)c3)cc2c1. The molecule has 0 atom stereocenters. The van der Waals surface area contributed by atoms with Crippen molar-refractivity contribution in [2.75, 3.05) is 10.6 Å². The molecule has 0 bridgehead atoms. The molecule has 0 spiro atoms. The molecule has 4 aromatic rings. The van der Waals surface area contributed by atoms with Gasteiger partial charge in [-0.3, -0.25) is 9.59 Å². The molecule has 37 heavy (non-hydrogen) atoms. The van der Waals surface area contributed by atoms with Crippen molar-refractivity contribution in [2.24, 2.45) is 5.92 Å². The number of anilines is 2. The first kappa shape index (κ1) is 24.6. The third kappa shape index (κ3) is 5.83. The molecule has 2 N–H and O–H groups in total. The average molecular weight is 526 g/mol. The minimum Gasteiger partial charge on any atom is -0.457 e. The lowest BCUT2D eigenvalue weighted by Gasteiger charge is -2.12. The van der Waals surface area contributed by atoms with E-state index in [0.29, 0.717) is 22.7 Å². The fourth-order valence-electron chi connectivity index (χ4n) is 3.71. The van der Waals surface area contributed by atoms with Crippen LogP contribution in [0.4, 0.5) is 24.7 Å². The van der Waals surface area contributed by atoms with Gasteiger partial charge >= 0.3 is 6.18 Å². The Labute approximate surface area is 214 Å². The molecular weight excluding hydrogens is 507 g/mol. The van der Waals surface area contributed by atoms with Gasteiger partial charge < -0.3 is 15.4 Å². The number of fused-ring (bicyclic) bond motifs is 1. The summed E-state index contributed by atoms with van der Waals surface area (Å²) in [4.78, 5) is 28.9. The summed E-state index contributed by atoms with van der Waals surface area (Å²) in [5, 5.41) is 6.33. The maximum Gasteiger partial charge on any atom is 0.417 e. The Morgan fingerprint density at radius 1 is 0.892 bits per heavy atom. The zero-order chi connectivity index (χ0) is 26.2. The molecule has 1 fully saturated rings. The van der Waals surface area contributed by atoms with Gasteiger partial charge in [0.15, 0.2) is 0 Å². The fraction of sp³-hybridized carbons (Fsp3) is 0.148. The highest BCUT2D eigenvalue weighted by atomic mass is 35.5. The molecule has 1 aliphatic carbocycles. The molecule has 5 rings (SSSR count). The second-order valence-electron chi connectivity index (χ2n) is 8.61. The lowest BCUT2D eigenvalue weighted by Crippen LogP contribution is -2.14. The monoisotopic (exact) mass is 525 g/mol. The van der Waals surface area contributed by atoms with Crippen LogP contribution >= 0.6 is 11.6 Å². The van der Waals surface area contributed by atoms with E-state index >= 15 is 0 Å². The highest BCUT2D eigenvalue weighted by Gasteiger charge is 2.33. The van der Waals surface area contributed by atoms with Crippen molar-refractivity contribution >= 4 is 45.7 Å². The summed E-state index contributed by atoms with van der Waals surface area (Å²) in [5.74, 6) is 0.763. The molecule has 0 aliphatic heterocycles. The van der Waals surface area contributed by atoms with E-state index in [4.69, 9.17) is 16.3 Å². The largest absolute Gasteiger partial charge is 0.457 e. The van der Waals surface area contributed by atoms with Gasteiger partial charge in [0, 0.05) is 29.4 Å². The van der Waals surface area contributed by atoms with Crippen molar-refractivity contribution in [3.63, 3.8) is 0 Å². The molecule has 0 unspecified atom stereocenters. The highest BCUT2D eigenvalue weighted by Crippen LogP contribution is 2.36. The molecule has 6 nitrogen and oxygen atoms in total. The van der Waals surface area contributed by atoms with Crippen LogP contribution in [0.5, 0.6) is 11.5 Å². The lowest BCUT2D eigenvalue weighted by atomic mass is 10.1. The number of hydrogen-bond donors (Lipinski definition) is 2. The Morgan fingerprint density at radius 2 is 1.65 bits per heavy atom. The number of pyridine rings is 1. The van der Waals surface area contributed by atoms with Crippen LogP contribution < -0.4 is 15.4 Å². The molecule has 1 heterocycles.